The highest BCUT2D eigenvalue weighted by Gasteiger charge is 2.65. The molecule has 0 spiro atoms. The Morgan fingerprint density at radius 2 is 1.72 bits per heavy atom. The summed E-state index contributed by atoms with van der Waals surface area (Å²) < 4.78 is 23.0. The van der Waals surface area contributed by atoms with E-state index >= 15 is 0 Å². The quantitative estimate of drug-likeness (QED) is 0.479. The molecule has 36 heavy (non-hydrogen) atoms. The third kappa shape index (κ3) is 4.75. The van der Waals surface area contributed by atoms with E-state index in [1.165, 1.54) is 19.9 Å². The second kappa shape index (κ2) is 9.21. The van der Waals surface area contributed by atoms with Gasteiger partial charge in [0.25, 0.3) is 0 Å². The number of aliphatic hydroxyl groups is 1. The lowest BCUT2D eigenvalue weighted by Crippen LogP contribution is -2.67. The van der Waals surface area contributed by atoms with E-state index in [9.17, 15) is 19.5 Å². The summed E-state index contributed by atoms with van der Waals surface area (Å²) in [6.07, 6.45) is 0.651. The van der Waals surface area contributed by atoms with Crippen LogP contribution in [0.25, 0.3) is 11.0 Å². The number of carbonyl (C=O) groups is 2. The van der Waals surface area contributed by atoms with E-state index in [0.29, 0.717) is 24.2 Å². The molecule has 1 N–H and O–H groups in total. The van der Waals surface area contributed by atoms with Crippen molar-refractivity contribution in [2.45, 2.75) is 78.6 Å². The van der Waals surface area contributed by atoms with E-state index in [1.54, 1.807) is 19.1 Å². The lowest BCUT2D eigenvalue weighted by atomic mass is 9.44. The van der Waals surface area contributed by atoms with Gasteiger partial charge in [-0.1, -0.05) is 20.8 Å². The van der Waals surface area contributed by atoms with Crippen molar-refractivity contribution in [1.29, 1.82) is 0 Å². The van der Waals surface area contributed by atoms with Crippen LogP contribution in [-0.2, 0) is 19.1 Å². The molecule has 0 bridgehead atoms. The van der Waals surface area contributed by atoms with Gasteiger partial charge in [-0.2, -0.15) is 0 Å². The Kier molecular flexibility index (Phi) is 6.71. The van der Waals surface area contributed by atoms with Gasteiger partial charge in [0.15, 0.2) is 0 Å². The molecule has 2 aliphatic carbocycles. The molecule has 1 aromatic carbocycles. The van der Waals surface area contributed by atoms with Crippen molar-refractivity contribution in [3.63, 3.8) is 0 Å². The maximum absolute atomic E-state index is 12.1. The Bertz CT molecular complexity index is 1210. The molecule has 8 heteroatoms. The number of hydrogen-bond donors (Lipinski definition) is 1. The summed E-state index contributed by atoms with van der Waals surface area (Å²) >= 11 is 0. The van der Waals surface area contributed by atoms with Gasteiger partial charge in [-0.3, -0.25) is 9.59 Å². The maximum Gasteiger partial charge on any atom is 0.336 e. The van der Waals surface area contributed by atoms with Gasteiger partial charge in [-0.25, -0.2) is 4.79 Å². The number of carbonyl (C=O) groups excluding carboxylic acids is 2. The number of hydrogen-bond acceptors (Lipinski definition) is 8. The van der Waals surface area contributed by atoms with Gasteiger partial charge in [0, 0.05) is 55.0 Å². The minimum atomic E-state index is -1.18. The van der Waals surface area contributed by atoms with Crippen molar-refractivity contribution < 1.29 is 33.3 Å². The largest absolute Gasteiger partial charge is 0.493 e. The third-order valence-corrected chi connectivity index (χ3v) is 8.46. The molecule has 0 amide bonds. The summed E-state index contributed by atoms with van der Waals surface area (Å²) in [6, 6.07) is 8.37. The van der Waals surface area contributed by atoms with E-state index in [4.69, 9.17) is 18.6 Å². The first-order valence-electron chi connectivity index (χ1n) is 12.5. The second-order valence-corrected chi connectivity index (χ2v) is 11.5. The highest BCUT2D eigenvalue weighted by Crippen LogP contribution is 2.63. The minimum Gasteiger partial charge on any atom is -0.493 e. The van der Waals surface area contributed by atoms with Crippen LogP contribution in [0.1, 0.15) is 60.8 Å². The SMILES string of the molecule is CC(=O)O[C@H]1CC[C@]2(C)[C@H]([C@H](OC(C)=O)C[C@](C)(O)[C@H]2COc2ccc3ccc(=O)oc3c2)C1(C)C. The van der Waals surface area contributed by atoms with Gasteiger partial charge in [-0.15, -0.1) is 0 Å². The van der Waals surface area contributed by atoms with Crippen LogP contribution in [0.3, 0.4) is 0 Å². The fraction of sp³-hybridized carbons (Fsp3) is 0.607. The van der Waals surface area contributed by atoms with Crippen LogP contribution in [0.5, 0.6) is 5.75 Å². The predicted molar refractivity (Wildman–Crippen MR) is 132 cm³/mol. The van der Waals surface area contributed by atoms with Gasteiger partial charge in [0.1, 0.15) is 23.5 Å². The van der Waals surface area contributed by atoms with Gasteiger partial charge in [0.05, 0.1) is 12.2 Å². The number of benzene rings is 1. The van der Waals surface area contributed by atoms with Crippen LogP contribution in [0.2, 0.25) is 0 Å². The van der Waals surface area contributed by atoms with Crippen LogP contribution in [-0.4, -0.2) is 41.5 Å². The Morgan fingerprint density at radius 3 is 2.39 bits per heavy atom. The van der Waals surface area contributed by atoms with Crippen molar-refractivity contribution in [1.82, 2.24) is 0 Å². The number of fused-ring (bicyclic) bond motifs is 2. The molecule has 0 radical (unpaired) electrons. The fourth-order valence-corrected chi connectivity index (χ4v) is 7.11. The molecule has 1 aromatic heterocycles. The van der Waals surface area contributed by atoms with Crippen molar-refractivity contribution in [2.24, 2.45) is 22.7 Å². The molecule has 1 heterocycles. The van der Waals surface area contributed by atoms with Gasteiger partial charge >= 0.3 is 17.6 Å². The van der Waals surface area contributed by atoms with Crippen molar-refractivity contribution in [3.8, 4) is 5.75 Å². The molecule has 2 aromatic rings. The number of ether oxygens (including phenoxy) is 3. The number of rotatable bonds is 5. The monoisotopic (exact) mass is 500 g/mol. The molecule has 2 fully saturated rings. The molecule has 0 saturated heterocycles. The summed E-state index contributed by atoms with van der Waals surface area (Å²) in [5.41, 5.74) is -2.18. The van der Waals surface area contributed by atoms with Crippen LogP contribution < -0.4 is 10.4 Å². The first kappa shape index (κ1) is 26.2. The van der Waals surface area contributed by atoms with E-state index in [-0.39, 0.29) is 36.9 Å². The van der Waals surface area contributed by atoms with Crippen molar-refractivity contribution in [3.05, 3.63) is 40.8 Å². The third-order valence-electron chi connectivity index (χ3n) is 8.46. The smallest absolute Gasteiger partial charge is 0.336 e. The van der Waals surface area contributed by atoms with E-state index in [0.717, 1.165) is 5.39 Å². The zero-order valence-corrected chi connectivity index (χ0v) is 21.8. The van der Waals surface area contributed by atoms with Gasteiger partial charge in [0.2, 0.25) is 0 Å². The molecule has 196 valence electrons. The molecular formula is C28H36O8. The molecule has 8 nitrogen and oxygen atoms in total. The van der Waals surface area contributed by atoms with E-state index in [2.05, 4.69) is 6.92 Å². The Labute approximate surface area is 210 Å². The zero-order valence-electron chi connectivity index (χ0n) is 21.8. The topological polar surface area (TPSA) is 112 Å². The van der Waals surface area contributed by atoms with Crippen LogP contribution in [0.4, 0.5) is 0 Å². The minimum absolute atomic E-state index is 0.185. The van der Waals surface area contributed by atoms with Gasteiger partial charge in [-0.05, 0) is 43.4 Å². The maximum atomic E-state index is 12.1. The summed E-state index contributed by atoms with van der Waals surface area (Å²) in [4.78, 5) is 35.5. The lowest BCUT2D eigenvalue weighted by Gasteiger charge is -2.64. The zero-order chi connectivity index (χ0) is 26.5. The van der Waals surface area contributed by atoms with Gasteiger partial charge < -0.3 is 23.7 Å². The van der Waals surface area contributed by atoms with E-state index in [1.807, 2.05) is 26.0 Å². The molecular weight excluding hydrogens is 464 g/mol. The average Bonchev–Trinajstić information content (AvgIpc) is 2.73. The Balaban J connectivity index is 1.68. The van der Waals surface area contributed by atoms with Crippen LogP contribution in [0, 0.1) is 22.7 Å². The first-order chi connectivity index (χ1) is 16.7. The highest BCUT2D eigenvalue weighted by atomic mass is 16.6. The standard InChI is InChI=1S/C28H36O8/c1-16(29)34-21-14-28(6,32)22(15-33-19-9-7-18-8-10-24(31)36-20(18)13-19)27(5)12-11-23(35-17(2)30)26(3,4)25(21)27/h7-10,13,21-23,25,32H,11-12,14-15H2,1-6H3/t21-,22+,23+,25-,27+,28+/m1/s1. The summed E-state index contributed by atoms with van der Waals surface area (Å²) in [5, 5.41) is 12.5. The van der Waals surface area contributed by atoms with Crippen molar-refractivity contribution >= 4 is 22.9 Å². The molecule has 2 aliphatic rings. The molecule has 2 saturated carbocycles. The Hall–Kier alpha value is -2.87. The van der Waals surface area contributed by atoms with E-state index < -0.39 is 34.1 Å². The lowest BCUT2D eigenvalue weighted by molar-refractivity contribution is -0.249. The summed E-state index contributed by atoms with van der Waals surface area (Å²) in [5.74, 6) is -0.710. The molecule has 6 atom stereocenters. The summed E-state index contributed by atoms with van der Waals surface area (Å²) in [6.45, 7) is 11.0. The fourth-order valence-electron chi connectivity index (χ4n) is 7.11. The average molecular weight is 501 g/mol. The Morgan fingerprint density at radius 1 is 1.06 bits per heavy atom. The molecule has 4 rings (SSSR count). The van der Waals surface area contributed by atoms with Crippen LogP contribution in [0.15, 0.2) is 39.5 Å². The highest BCUT2D eigenvalue weighted by molar-refractivity contribution is 5.77. The summed E-state index contributed by atoms with van der Waals surface area (Å²) in [7, 11) is 0. The number of esters is 2. The molecule has 0 aliphatic heterocycles. The van der Waals surface area contributed by atoms with Crippen molar-refractivity contribution in [2.75, 3.05) is 6.61 Å². The molecule has 0 unspecified atom stereocenters. The first-order valence-corrected chi connectivity index (χ1v) is 12.5. The predicted octanol–water partition coefficient (Wildman–Crippen LogP) is 4.25. The normalized spacial score (nSPS) is 33.4. The second-order valence-electron chi connectivity index (χ2n) is 11.5. The van der Waals surface area contributed by atoms with Crippen LogP contribution >= 0.6 is 0 Å².